The van der Waals surface area contributed by atoms with Crippen molar-refractivity contribution in [2.75, 3.05) is 39.3 Å². The van der Waals surface area contributed by atoms with Gasteiger partial charge in [0.25, 0.3) is 5.91 Å². The number of carbonyl (C=O) groups excluding carboxylic acids is 1. The van der Waals surface area contributed by atoms with Crippen molar-refractivity contribution < 1.29 is 4.79 Å². The van der Waals surface area contributed by atoms with Crippen molar-refractivity contribution in [1.29, 1.82) is 0 Å². The second-order valence-corrected chi connectivity index (χ2v) is 8.71. The molecule has 2 aliphatic rings. The van der Waals surface area contributed by atoms with E-state index in [1.54, 1.807) is 17.5 Å². The van der Waals surface area contributed by atoms with E-state index in [2.05, 4.69) is 46.0 Å². The van der Waals surface area contributed by atoms with Gasteiger partial charge in [-0.05, 0) is 44.0 Å². The van der Waals surface area contributed by atoms with Crippen LogP contribution in [-0.2, 0) is 13.1 Å². The molecule has 3 heterocycles. The van der Waals surface area contributed by atoms with Crippen LogP contribution in [0, 0.1) is 6.92 Å². The number of likely N-dealkylation sites (tertiary alicyclic amines) is 1. The molecule has 0 bridgehead atoms. The average molecular weight is 385 g/mol. The van der Waals surface area contributed by atoms with Gasteiger partial charge in [0.2, 0.25) is 0 Å². The molecule has 0 aliphatic carbocycles. The van der Waals surface area contributed by atoms with Gasteiger partial charge in [-0.3, -0.25) is 14.6 Å². The summed E-state index contributed by atoms with van der Waals surface area (Å²) in [6.45, 7) is 9.79. The number of piperazine rings is 1. The summed E-state index contributed by atoms with van der Waals surface area (Å²) in [5, 5.41) is 1.07. The van der Waals surface area contributed by atoms with Crippen LogP contribution >= 0.6 is 11.3 Å². The molecule has 144 valence electrons. The third-order valence-electron chi connectivity index (χ3n) is 5.64. The van der Waals surface area contributed by atoms with E-state index in [9.17, 15) is 4.79 Å². The number of benzene rings is 1. The van der Waals surface area contributed by atoms with Crippen molar-refractivity contribution in [3.63, 3.8) is 0 Å². The number of thiazole rings is 1. The van der Waals surface area contributed by atoms with Gasteiger partial charge in [0.15, 0.2) is 0 Å². The zero-order chi connectivity index (χ0) is 18.6. The predicted octanol–water partition coefficient (Wildman–Crippen LogP) is 3.01. The van der Waals surface area contributed by atoms with Crippen LogP contribution in [0.1, 0.15) is 38.6 Å². The quantitative estimate of drug-likeness (QED) is 0.795. The van der Waals surface area contributed by atoms with E-state index in [4.69, 9.17) is 0 Å². The van der Waals surface area contributed by atoms with Gasteiger partial charge in [-0.25, -0.2) is 4.98 Å². The Morgan fingerprint density at radius 1 is 1.00 bits per heavy atom. The fourth-order valence-electron chi connectivity index (χ4n) is 3.91. The van der Waals surface area contributed by atoms with Crippen molar-refractivity contribution in [2.45, 2.75) is 32.9 Å². The zero-order valence-corrected chi connectivity index (χ0v) is 16.9. The molecule has 1 amide bonds. The van der Waals surface area contributed by atoms with Crippen LogP contribution < -0.4 is 0 Å². The van der Waals surface area contributed by atoms with Crippen LogP contribution in [0.5, 0.6) is 0 Å². The molecule has 1 aromatic carbocycles. The molecule has 1 aromatic heterocycles. The van der Waals surface area contributed by atoms with Gasteiger partial charge in [-0.1, -0.05) is 24.3 Å². The van der Waals surface area contributed by atoms with E-state index < -0.39 is 0 Å². The van der Waals surface area contributed by atoms with E-state index in [0.29, 0.717) is 0 Å². The molecule has 0 saturated carbocycles. The fourth-order valence-corrected chi connectivity index (χ4v) is 4.84. The van der Waals surface area contributed by atoms with Crippen molar-refractivity contribution in [2.24, 2.45) is 0 Å². The first-order valence-corrected chi connectivity index (χ1v) is 10.7. The van der Waals surface area contributed by atoms with Crippen molar-refractivity contribution >= 4 is 17.2 Å². The summed E-state index contributed by atoms with van der Waals surface area (Å²) >= 11 is 1.57. The number of hydrogen-bond donors (Lipinski definition) is 0. The van der Waals surface area contributed by atoms with E-state index in [1.165, 1.54) is 24.0 Å². The van der Waals surface area contributed by atoms with Crippen molar-refractivity contribution in [3.05, 3.63) is 51.5 Å². The first-order valence-electron chi connectivity index (χ1n) is 9.92. The summed E-state index contributed by atoms with van der Waals surface area (Å²) in [4.78, 5) is 25.0. The molecule has 2 fully saturated rings. The van der Waals surface area contributed by atoms with Crippen LogP contribution in [0.2, 0.25) is 0 Å². The third kappa shape index (κ3) is 4.57. The van der Waals surface area contributed by atoms with Gasteiger partial charge >= 0.3 is 0 Å². The Morgan fingerprint density at radius 2 is 1.70 bits per heavy atom. The Labute approximate surface area is 165 Å². The van der Waals surface area contributed by atoms with Gasteiger partial charge in [0.05, 0.1) is 12.7 Å². The predicted molar refractivity (Wildman–Crippen MR) is 109 cm³/mol. The number of carbonyl (C=O) groups is 1. The standard InChI is InChI=1S/C21H28N4OS/c1-17-6-2-3-7-18(17)15-24-10-12-25(13-11-24)21(26)19-14-22-20(27-19)16-23-8-4-5-9-23/h2-3,6-7,14H,4-5,8-13,15-16H2,1H3. The highest BCUT2D eigenvalue weighted by molar-refractivity contribution is 7.13. The second kappa shape index (κ2) is 8.50. The lowest BCUT2D eigenvalue weighted by atomic mass is 10.1. The Balaban J connectivity index is 1.29. The van der Waals surface area contributed by atoms with Crippen LogP contribution in [0.25, 0.3) is 0 Å². The lowest BCUT2D eigenvalue weighted by Crippen LogP contribution is -2.48. The van der Waals surface area contributed by atoms with Crippen molar-refractivity contribution in [3.8, 4) is 0 Å². The third-order valence-corrected chi connectivity index (χ3v) is 6.61. The number of aryl methyl sites for hydroxylation is 1. The maximum absolute atomic E-state index is 12.8. The SMILES string of the molecule is Cc1ccccc1CN1CCN(C(=O)c2cnc(CN3CCCC3)s2)CC1. The lowest BCUT2D eigenvalue weighted by molar-refractivity contribution is 0.0632. The van der Waals surface area contributed by atoms with E-state index >= 15 is 0 Å². The first kappa shape index (κ1) is 18.6. The fraction of sp³-hybridized carbons (Fsp3) is 0.524. The summed E-state index contributed by atoms with van der Waals surface area (Å²) in [6.07, 6.45) is 4.34. The molecular formula is C21H28N4OS. The van der Waals surface area contributed by atoms with E-state index in [1.807, 2.05) is 4.90 Å². The number of nitrogens with zero attached hydrogens (tertiary/aromatic N) is 4. The highest BCUT2D eigenvalue weighted by atomic mass is 32.1. The van der Waals surface area contributed by atoms with Gasteiger partial charge in [-0.15, -0.1) is 11.3 Å². The molecule has 0 unspecified atom stereocenters. The number of rotatable bonds is 5. The Morgan fingerprint density at radius 3 is 2.44 bits per heavy atom. The summed E-state index contributed by atoms with van der Waals surface area (Å²) < 4.78 is 0. The second-order valence-electron chi connectivity index (χ2n) is 7.60. The van der Waals surface area contributed by atoms with Crippen LogP contribution in [0.4, 0.5) is 0 Å². The average Bonchev–Trinajstić information content (AvgIpc) is 3.36. The number of aromatic nitrogens is 1. The monoisotopic (exact) mass is 384 g/mol. The molecule has 2 aliphatic heterocycles. The minimum Gasteiger partial charge on any atom is -0.335 e. The number of amides is 1. The van der Waals surface area contributed by atoms with E-state index in [-0.39, 0.29) is 5.91 Å². The molecule has 27 heavy (non-hydrogen) atoms. The highest BCUT2D eigenvalue weighted by Crippen LogP contribution is 2.20. The molecule has 4 rings (SSSR count). The van der Waals surface area contributed by atoms with Gasteiger partial charge in [0.1, 0.15) is 9.88 Å². The minimum absolute atomic E-state index is 0.149. The summed E-state index contributed by atoms with van der Waals surface area (Å²) in [7, 11) is 0. The van der Waals surface area contributed by atoms with Crippen LogP contribution in [0.3, 0.4) is 0 Å². The number of hydrogen-bond acceptors (Lipinski definition) is 5. The van der Waals surface area contributed by atoms with Gasteiger partial charge in [-0.2, -0.15) is 0 Å². The minimum atomic E-state index is 0.149. The Hall–Kier alpha value is -1.76. The highest BCUT2D eigenvalue weighted by Gasteiger charge is 2.24. The summed E-state index contributed by atoms with van der Waals surface area (Å²) in [5.41, 5.74) is 2.72. The molecular weight excluding hydrogens is 356 g/mol. The van der Waals surface area contributed by atoms with Gasteiger partial charge < -0.3 is 4.90 Å². The maximum atomic E-state index is 12.8. The lowest BCUT2D eigenvalue weighted by Gasteiger charge is -2.34. The smallest absolute Gasteiger partial charge is 0.265 e. The van der Waals surface area contributed by atoms with Crippen LogP contribution in [-0.4, -0.2) is 64.9 Å². The topological polar surface area (TPSA) is 39.7 Å². The maximum Gasteiger partial charge on any atom is 0.265 e. The van der Waals surface area contributed by atoms with E-state index in [0.717, 1.165) is 62.2 Å². The molecule has 0 N–H and O–H groups in total. The molecule has 0 spiro atoms. The molecule has 6 heteroatoms. The van der Waals surface area contributed by atoms with Crippen LogP contribution in [0.15, 0.2) is 30.5 Å². The Kier molecular flexibility index (Phi) is 5.86. The molecule has 0 atom stereocenters. The molecule has 0 radical (unpaired) electrons. The van der Waals surface area contributed by atoms with Crippen molar-refractivity contribution in [1.82, 2.24) is 19.7 Å². The Bertz CT molecular complexity index is 776. The normalized spacial score (nSPS) is 18.9. The molecule has 2 saturated heterocycles. The largest absolute Gasteiger partial charge is 0.335 e. The first-order chi connectivity index (χ1) is 13.2. The van der Waals surface area contributed by atoms with Gasteiger partial charge in [0, 0.05) is 32.7 Å². The zero-order valence-electron chi connectivity index (χ0n) is 16.1. The summed E-state index contributed by atoms with van der Waals surface area (Å²) in [5.74, 6) is 0.149. The summed E-state index contributed by atoms with van der Waals surface area (Å²) in [6, 6.07) is 8.55. The molecule has 2 aromatic rings. The molecule has 5 nitrogen and oxygen atoms in total.